The maximum atomic E-state index is 12.5. The molecular weight excluding hydrogens is 308 g/mol. The third-order valence-electron chi connectivity index (χ3n) is 4.63. The van der Waals surface area contributed by atoms with Gasteiger partial charge in [0.1, 0.15) is 0 Å². The lowest BCUT2D eigenvalue weighted by Gasteiger charge is -2.26. The lowest BCUT2D eigenvalue weighted by molar-refractivity contribution is 0.0941. The minimum atomic E-state index is -0.0174. The molecule has 0 saturated heterocycles. The largest absolute Gasteiger partial charge is 0.350 e. The van der Waals surface area contributed by atoms with Crippen molar-refractivity contribution >= 4 is 5.91 Å². The number of benzene rings is 2. The van der Waals surface area contributed by atoms with Crippen LogP contribution < -0.4 is 5.32 Å². The van der Waals surface area contributed by atoms with Crippen molar-refractivity contribution in [1.29, 1.82) is 0 Å². The van der Waals surface area contributed by atoms with Gasteiger partial charge in [-0.2, -0.15) is 0 Å². The molecule has 1 atom stereocenters. The molecule has 134 valence electrons. The molecule has 3 nitrogen and oxygen atoms in total. The minimum absolute atomic E-state index is 0.0174. The monoisotopic (exact) mass is 338 g/mol. The lowest BCUT2D eigenvalue weighted by atomic mass is 9.86. The van der Waals surface area contributed by atoms with Crippen LogP contribution in [0.1, 0.15) is 53.9 Å². The highest BCUT2D eigenvalue weighted by molar-refractivity contribution is 5.95. The summed E-state index contributed by atoms with van der Waals surface area (Å²) in [4.78, 5) is 14.6. The summed E-state index contributed by atoms with van der Waals surface area (Å²) in [5, 5.41) is 3.08. The van der Waals surface area contributed by atoms with Gasteiger partial charge in [-0.1, -0.05) is 63.2 Å². The Labute approximate surface area is 152 Å². The molecule has 0 aliphatic carbocycles. The second-order valence-electron chi connectivity index (χ2n) is 7.88. The molecule has 0 aliphatic rings. The van der Waals surface area contributed by atoms with Crippen molar-refractivity contribution in [1.82, 2.24) is 10.2 Å². The van der Waals surface area contributed by atoms with Crippen LogP contribution in [-0.2, 0) is 5.41 Å². The van der Waals surface area contributed by atoms with E-state index in [1.165, 1.54) is 11.1 Å². The van der Waals surface area contributed by atoms with Gasteiger partial charge in [0.2, 0.25) is 0 Å². The number of nitrogens with one attached hydrogen (secondary N) is 1. The third kappa shape index (κ3) is 4.93. The van der Waals surface area contributed by atoms with Gasteiger partial charge in [0, 0.05) is 12.1 Å². The zero-order chi connectivity index (χ0) is 18.6. The standard InChI is InChI=1S/C22H30N2O/c1-16-9-7-8-10-19(16)21(25)23-15-20(24(5)6)17-11-13-18(14-12-17)22(2,3)4/h7-14,20H,15H2,1-6H3,(H,23,25). The quantitative estimate of drug-likeness (QED) is 0.880. The van der Waals surface area contributed by atoms with Crippen LogP contribution in [0.25, 0.3) is 0 Å². The van der Waals surface area contributed by atoms with E-state index < -0.39 is 0 Å². The van der Waals surface area contributed by atoms with E-state index in [-0.39, 0.29) is 17.4 Å². The van der Waals surface area contributed by atoms with E-state index in [4.69, 9.17) is 0 Å². The van der Waals surface area contributed by atoms with Crippen molar-refractivity contribution in [2.75, 3.05) is 20.6 Å². The summed E-state index contributed by atoms with van der Waals surface area (Å²) >= 11 is 0. The molecule has 0 fully saturated rings. The van der Waals surface area contributed by atoms with Gasteiger partial charge in [-0.15, -0.1) is 0 Å². The summed E-state index contributed by atoms with van der Waals surface area (Å²) in [6.45, 7) is 9.19. The molecule has 1 amide bonds. The Morgan fingerprint density at radius 2 is 1.64 bits per heavy atom. The smallest absolute Gasteiger partial charge is 0.251 e. The molecule has 0 radical (unpaired) electrons. The number of nitrogens with zero attached hydrogens (tertiary/aromatic N) is 1. The summed E-state index contributed by atoms with van der Waals surface area (Å²) < 4.78 is 0. The number of carbonyl (C=O) groups is 1. The Hall–Kier alpha value is -2.13. The molecular formula is C22H30N2O. The molecule has 25 heavy (non-hydrogen) atoms. The van der Waals surface area contributed by atoms with Crippen LogP contribution in [0.4, 0.5) is 0 Å². The average Bonchev–Trinajstić information content (AvgIpc) is 2.54. The van der Waals surface area contributed by atoms with Crippen LogP contribution in [0.15, 0.2) is 48.5 Å². The predicted octanol–water partition coefficient (Wildman–Crippen LogP) is 4.33. The zero-order valence-electron chi connectivity index (χ0n) is 16.3. The van der Waals surface area contributed by atoms with Gasteiger partial charge in [-0.05, 0) is 49.2 Å². The molecule has 1 N–H and O–H groups in total. The fraction of sp³-hybridized carbons (Fsp3) is 0.409. The van der Waals surface area contributed by atoms with Gasteiger partial charge in [-0.3, -0.25) is 4.79 Å². The van der Waals surface area contributed by atoms with Crippen LogP contribution in [0.3, 0.4) is 0 Å². The maximum absolute atomic E-state index is 12.5. The molecule has 0 bridgehead atoms. The summed E-state index contributed by atoms with van der Waals surface area (Å²) in [5.74, 6) is -0.0174. The Morgan fingerprint density at radius 1 is 1.04 bits per heavy atom. The highest BCUT2D eigenvalue weighted by atomic mass is 16.1. The second kappa shape index (κ2) is 7.83. The number of carbonyl (C=O) groups excluding carboxylic acids is 1. The maximum Gasteiger partial charge on any atom is 0.251 e. The normalized spacial score (nSPS) is 12.9. The SMILES string of the molecule is Cc1ccccc1C(=O)NCC(c1ccc(C(C)(C)C)cc1)N(C)C. The first-order valence-electron chi connectivity index (χ1n) is 8.81. The van der Waals surface area contributed by atoms with Crippen LogP contribution in [0, 0.1) is 6.92 Å². The molecule has 1 unspecified atom stereocenters. The molecule has 0 heterocycles. The number of hydrogen-bond donors (Lipinski definition) is 1. The number of rotatable bonds is 5. The van der Waals surface area contributed by atoms with Crippen molar-refractivity contribution in [3.8, 4) is 0 Å². The fourth-order valence-electron chi connectivity index (χ4n) is 2.92. The molecule has 0 aliphatic heterocycles. The van der Waals surface area contributed by atoms with Gasteiger partial charge in [0.15, 0.2) is 0 Å². The molecule has 2 aromatic carbocycles. The summed E-state index contributed by atoms with van der Waals surface area (Å²) in [7, 11) is 4.09. The molecule has 0 saturated carbocycles. The summed E-state index contributed by atoms with van der Waals surface area (Å²) in [6, 6.07) is 16.5. The number of hydrogen-bond acceptors (Lipinski definition) is 2. The van der Waals surface area contributed by atoms with E-state index in [1.54, 1.807) is 0 Å². The zero-order valence-corrected chi connectivity index (χ0v) is 16.3. The van der Waals surface area contributed by atoms with E-state index in [0.29, 0.717) is 6.54 Å². The van der Waals surface area contributed by atoms with Gasteiger partial charge < -0.3 is 10.2 Å². The van der Waals surface area contributed by atoms with Gasteiger partial charge in [-0.25, -0.2) is 0 Å². The van der Waals surface area contributed by atoms with Crippen LogP contribution in [0.5, 0.6) is 0 Å². The van der Waals surface area contributed by atoms with E-state index in [1.807, 2.05) is 45.3 Å². The Morgan fingerprint density at radius 3 is 2.16 bits per heavy atom. The molecule has 3 heteroatoms. The minimum Gasteiger partial charge on any atom is -0.350 e. The second-order valence-corrected chi connectivity index (χ2v) is 7.88. The van der Waals surface area contributed by atoms with Gasteiger partial charge >= 0.3 is 0 Å². The van der Waals surface area contributed by atoms with Gasteiger partial charge in [0.05, 0.1) is 6.04 Å². The number of aryl methyl sites for hydroxylation is 1. The van der Waals surface area contributed by atoms with E-state index in [2.05, 4.69) is 55.3 Å². The summed E-state index contributed by atoms with van der Waals surface area (Å²) in [6.07, 6.45) is 0. The van der Waals surface area contributed by atoms with E-state index in [0.717, 1.165) is 11.1 Å². The molecule has 2 aromatic rings. The van der Waals surface area contributed by atoms with Crippen molar-refractivity contribution in [3.63, 3.8) is 0 Å². The van der Waals surface area contributed by atoms with Gasteiger partial charge in [0.25, 0.3) is 5.91 Å². The highest BCUT2D eigenvalue weighted by Gasteiger charge is 2.18. The van der Waals surface area contributed by atoms with E-state index in [9.17, 15) is 4.79 Å². The Balaban J connectivity index is 2.11. The van der Waals surface area contributed by atoms with Crippen molar-refractivity contribution in [2.45, 2.75) is 39.2 Å². The summed E-state index contributed by atoms with van der Waals surface area (Å²) in [5.41, 5.74) is 4.41. The average molecular weight is 338 g/mol. The topological polar surface area (TPSA) is 32.3 Å². The first kappa shape index (κ1) is 19.2. The molecule has 0 aromatic heterocycles. The molecule has 0 spiro atoms. The van der Waals surface area contributed by atoms with Crippen molar-refractivity contribution < 1.29 is 4.79 Å². The van der Waals surface area contributed by atoms with Crippen molar-refractivity contribution in [3.05, 3.63) is 70.8 Å². The highest BCUT2D eigenvalue weighted by Crippen LogP contribution is 2.25. The predicted molar refractivity (Wildman–Crippen MR) is 105 cm³/mol. The first-order chi connectivity index (χ1) is 11.7. The number of likely N-dealkylation sites (N-methyl/N-ethyl adjacent to an activating group) is 1. The Kier molecular flexibility index (Phi) is 6.02. The molecule has 2 rings (SSSR count). The van der Waals surface area contributed by atoms with Crippen LogP contribution in [0.2, 0.25) is 0 Å². The van der Waals surface area contributed by atoms with E-state index >= 15 is 0 Å². The number of amides is 1. The van der Waals surface area contributed by atoms with Crippen LogP contribution in [-0.4, -0.2) is 31.4 Å². The first-order valence-corrected chi connectivity index (χ1v) is 8.81. The lowest BCUT2D eigenvalue weighted by Crippen LogP contribution is -2.34. The third-order valence-corrected chi connectivity index (χ3v) is 4.63. The van der Waals surface area contributed by atoms with Crippen LogP contribution >= 0.6 is 0 Å². The fourth-order valence-corrected chi connectivity index (χ4v) is 2.92. The van der Waals surface area contributed by atoms with Crippen molar-refractivity contribution in [2.24, 2.45) is 0 Å². The Bertz CT molecular complexity index is 712.